The third-order valence-electron chi connectivity index (χ3n) is 5.98. The summed E-state index contributed by atoms with van der Waals surface area (Å²) in [5, 5.41) is 0. The lowest BCUT2D eigenvalue weighted by molar-refractivity contribution is -0.155. The van der Waals surface area contributed by atoms with Crippen LogP contribution in [0.3, 0.4) is 0 Å². The van der Waals surface area contributed by atoms with Gasteiger partial charge in [0.1, 0.15) is 5.60 Å². The zero-order valence-electron chi connectivity index (χ0n) is 18.4. The van der Waals surface area contributed by atoms with Gasteiger partial charge in [-0.25, -0.2) is 0 Å². The van der Waals surface area contributed by atoms with Crippen molar-refractivity contribution < 1.29 is 18.8 Å². The predicted molar refractivity (Wildman–Crippen MR) is 112 cm³/mol. The second-order valence-electron chi connectivity index (χ2n) is 10.1. The van der Waals surface area contributed by atoms with Gasteiger partial charge in [0.2, 0.25) is 0 Å². The monoisotopic (exact) mass is 387 g/mol. The van der Waals surface area contributed by atoms with E-state index in [1.165, 1.54) is 5.56 Å². The van der Waals surface area contributed by atoms with Gasteiger partial charge in [0.25, 0.3) is 0 Å². The zero-order chi connectivity index (χ0) is 20.7. The van der Waals surface area contributed by atoms with E-state index in [9.17, 15) is 4.79 Å². The fraction of sp³-hybridized carbons (Fsp3) is 0.682. The first-order valence-corrected chi connectivity index (χ1v) is 10.3. The summed E-state index contributed by atoms with van der Waals surface area (Å²) in [4.78, 5) is 14.2. The van der Waals surface area contributed by atoms with E-state index >= 15 is 0 Å². The van der Waals surface area contributed by atoms with Crippen LogP contribution in [0, 0.1) is 0 Å². The van der Waals surface area contributed by atoms with Gasteiger partial charge in [0.05, 0.1) is 17.7 Å². The van der Waals surface area contributed by atoms with E-state index in [1.807, 2.05) is 20.8 Å². The molecule has 0 amide bonds. The normalized spacial score (nSPS) is 24.5. The first kappa shape index (κ1) is 21.3. The highest BCUT2D eigenvalue weighted by Crippen LogP contribution is 2.36. The van der Waals surface area contributed by atoms with Crippen LogP contribution in [0.25, 0.3) is 0 Å². The van der Waals surface area contributed by atoms with E-state index in [-0.39, 0.29) is 24.3 Å². The number of ether oxygens (including phenoxy) is 1. The highest BCUT2D eigenvalue weighted by molar-refractivity contribution is 6.62. The number of carbonyl (C=O) groups excluding carboxylic acids is 1. The molecule has 0 N–H and O–H groups in total. The molecule has 0 bridgehead atoms. The van der Waals surface area contributed by atoms with Gasteiger partial charge >= 0.3 is 13.1 Å². The van der Waals surface area contributed by atoms with Crippen LogP contribution in [0.5, 0.6) is 0 Å². The molecular weight excluding hydrogens is 353 g/mol. The maximum atomic E-state index is 12.1. The summed E-state index contributed by atoms with van der Waals surface area (Å²) in [7, 11) is -0.328. The maximum absolute atomic E-state index is 12.1. The van der Waals surface area contributed by atoms with Gasteiger partial charge in [0.15, 0.2) is 0 Å². The van der Waals surface area contributed by atoms with E-state index in [0.29, 0.717) is 12.5 Å². The molecule has 0 saturated carbocycles. The van der Waals surface area contributed by atoms with E-state index in [1.54, 1.807) is 0 Å². The van der Waals surface area contributed by atoms with Crippen LogP contribution in [0.2, 0.25) is 0 Å². The van der Waals surface area contributed by atoms with Crippen LogP contribution in [0.15, 0.2) is 24.3 Å². The molecule has 0 aromatic heterocycles. The molecule has 0 radical (unpaired) electrons. The lowest BCUT2D eigenvalue weighted by Gasteiger charge is -2.32. The van der Waals surface area contributed by atoms with Crippen molar-refractivity contribution >= 4 is 18.6 Å². The topological polar surface area (TPSA) is 48.0 Å². The van der Waals surface area contributed by atoms with Gasteiger partial charge in [0, 0.05) is 6.54 Å². The third-order valence-corrected chi connectivity index (χ3v) is 5.98. The summed E-state index contributed by atoms with van der Waals surface area (Å²) in [5.41, 5.74) is 1.26. The van der Waals surface area contributed by atoms with Crippen molar-refractivity contribution in [1.82, 2.24) is 4.90 Å². The molecule has 0 spiro atoms. The molecule has 1 aromatic carbocycles. The minimum atomic E-state index is -0.431. The SMILES string of the molecule is CC(C)(C)OC(=O)CN1CCC(c2ccc(B3OC(C)(C)C(C)(C)O3)cc2)C1. The minimum absolute atomic E-state index is 0.149. The summed E-state index contributed by atoms with van der Waals surface area (Å²) in [5.74, 6) is 0.291. The molecule has 1 atom stereocenters. The van der Waals surface area contributed by atoms with E-state index < -0.39 is 5.60 Å². The van der Waals surface area contributed by atoms with Gasteiger partial charge in [-0.05, 0) is 78.4 Å². The Bertz CT molecular complexity index is 692. The van der Waals surface area contributed by atoms with Crippen LogP contribution >= 0.6 is 0 Å². The average molecular weight is 387 g/mol. The molecule has 28 heavy (non-hydrogen) atoms. The molecule has 2 fully saturated rings. The summed E-state index contributed by atoms with van der Waals surface area (Å²) >= 11 is 0. The first-order chi connectivity index (χ1) is 12.9. The van der Waals surface area contributed by atoms with Crippen molar-refractivity contribution in [2.75, 3.05) is 19.6 Å². The van der Waals surface area contributed by atoms with Crippen molar-refractivity contribution in [2.45, 2.75) is 77.6 Å². The Kier molecular flexibility index (Phi) is 5.70. The maximum Gasteiger partial charge on any atom is 0.494 e. The van der Waals surface area contributed by atoms with Crippen LogP contribution in [-0.4, -0.2) is 54.4 Å². The van der Waals surface area contributed by atoms with Crippen molar-refractivity contribution in [3.8, 4) is 0 Å². The Morgan fingerprint density at radius 2 is 1.71 bits per heavy atom. The van der Waals surface area contributed by atoms with Gasteiger partial charge in [-0.2, -0.15) is 0 Å². The number of hydrogen-bond donors (Lipinski definition) is 0. The van der Waals surface area contributed by atoms with Crippen molar-refractivity contribution in [3.05, 3.63) is 29.8 Å². The molecule has 2 heterocycles. The molecule has 2 aliphatic heterocycles. The van der Waals surface area contributed by atoms with E-state index in [4.69, 9.17) is 14.0 Å². The minimum Gasteiger partial charge on any atom is -0.459 e. The number of likely N-dealkylation sites (tertiary alicyclic amines) is 1. The number of rotatable bonds is 4. The Hall–Kier alpha value is -1.37. The second-order valence-corrected chi connectivity index (χ2v) is 10.1. The van der Waals surface area contributed by atoms with Crippen LogP contribution in [-0.2, 0) is 18.8 Å². The predicted octanol–water partition coefficient (Wildman–Crippen LogP) is 3.12. The Labute approximate surface area is 169 Å². The summed E-state index contributed by atoms with van der Waals surface area (Å²) < 4.78 is 17.7. The largest absolute Gasteiger partial charge is 0.494 e. The summed E-state index contributed by atoms with van der Waals surface area (Å²) in [6.45, 7) is 16.1. The van der Waals surface area contributed by atoms with Crippen molar-refractivity contribution in [3.63, 3.8) is 0 Å². The number of hydrogen-bond acceptors (Lipinski definition) is 5. The standard InChI is InChI=1S/C22H34BNO4/c1-20(2,3)26-19(25)15-24-13-12-17(14-24)16-8-10-18(11-9-16)23-27-21(4,5)22(6,7)28-23/h8-11,17H,12-15H2,1-7H3. The lowest BCUT2D eigenvalue weighted by Crippen LogP contribution is -2.41. The number of nitrogens with zero attached hydrogens (tertiary/aromatic N) is 1. The smallest absolute Gasteiger partial charge is 0.459 e. The Balaban J connectivity index is 1.57. The number of carbonyl (C=O) groups is 1. The molecule has 154 valence electrons. The first-order valence-electron chi connectivity index (χ1n) is 10.3. The Morgan fingerprint density at radius 1 is 1.14 bits per heavy atom. The molecule has 1 aromatic rings. The van der Waals surface area contributed by atoms with E-state index in [2.05, 4.69) is 56.9 Å². The van der Waals surface area contributed by atoms with Crippen LogP contribution in [0.4, 0.5) is 0 Å². The van der Waals surface area contributed by atoms with Gasteiger partial charge in [-0.3, -0.25) is 9.69 Å². The quantitative estimate of drug-likeness (QED) is 0.587. The second kappa shape index (κ2) is 7.47. The van der Waals surface area contributed by atoms with Gasteiger partial charge < -0.3 is 14.0 Å². The lowest BCUT2D eigenvalue weighted by atomic mass is 9.78. The molecule has 2 aliphatic rings. The van der Waals surface area contributed by atoms with Crippen LogP contribution < -0.4 is 5.46 Å². The van der Waals surface area contributed by atoms with Gasteiger partial charge in [-0.1, -0.05) is 24.3 Å². The summed E-state index contributed by atoms with van der Waals surface area (Å²) in [6, 6.07) is 8.55. The summed E-state index contributed by atoms with van der Waals surface area (Å²) in [6.07, 6.45) is 1.05. The number of benzene rings is 1. The molecular formula is C22H34BNO4. The molecule has 0 aliphatic carbocycles. The number of esters is 1. The molecule has 6 heteroatoms. The fourth-order valence-electron chi connectivity index (χ4n) is 3.71. The molecule has 2 saturated heterocycles. The molecule has 3 rings (SSSR count). The van der Waals surface area contributed by atoms with Crippen LogP contribution in [0.1, 0.15) is 66.4 Å². The van der Waals surface area contributed by atoms with Crippen molar-refractivity contribution in [2.24, 2.45) is 0 Å². The average Bonchev–Trinajstić information content (AvgIpc) is 3.08. The highest BCUT2D eigenvalue weighted by Gasteiger charge is 2.51. The van der Waals surface area contributed by atoms with Crippen molar-refractivity contribution in [1.29, 1.82) is 0 Å². The molecule has 5 nitrogen and oxygen atoms in total. The fourth-order valence-corrected chi connectivity index (χ4v) is 3.71. The highest BCUT2D eigenvalue weighted by atomic mass is 16.7. The third kappa shape index (κ3) is 4.78. The Morgan fingerprint density at radius 3 is 2.25 bits per heavy atom. The van der Waals surface area contributed by atoms with Gasteiger partial charge in [-0.15, -0.1) is 0 Å². The zero-order valence-corrected chi connectivity index (χ0v) is 18.4. The molecule has 1 unspecified atom stereocenters. The van der Waals surface area contributed by atoms with E-state index in [0.717, 1.165) is 25.0 Å².